The number of nitro benzene ring substituents is 1. The van der Waals surface area contributed by atoms with Crippen LogP contribution in [-0.2, 0) is 4.79 Å². The first-order valence-corrected chi connectivity index (χ1v) is 5.68. The summed E-state index contributed by atoms with van der Waals surface area (Å²) in [5.41, 5.74) is -0.118. The van der Waals surface area contributed by atoms with E-state index in [1.165, 1.54) is 24.3 Å². The second-order valence-electron chi connectivity index (χ2n) is 3.84. The molecule has 1 N–H and O–H groups in total. The summed E-state index contributed by atoms with van der Waals surface area (Å²) in [5, 5.41) is 19.6. The highest BCUT2D eigenvalue weighted by Crippen LogP contribution is 2.21. The summed E-state index contributed by atoms with van der Waals surface area (Å²) in [4.78, 5) is 21.0. The molecule has 1 atom stereocenters. The molecule has 0 saturated heterocycles. The van der Waals surface area contributed by atoms with Gasteiger partial charge in [0.15, 0.2) is 6.10 Å². The highest BCUT2D eigenvalue weighted by molar-refractivity contribution is 5.72. The van der Waals surface area contributed by atoms with Crippen molar-refractivity contribution in [1.29, 1.82) is 0 Å². The number of nitrogens with zero attached hydrogens (tertiary/aromatic N) is 1. The molecule has 1 rings (SSSR count). The van der Waals surface area contributed by atoms with Crippen LogP contribution in [0.25, 0.3) is 0 Å². The predicted octanol–water partition coefficient (Wildman–Crippen LogP) is 2.62. The van der Waals surface area contributed by atoms with Crippen molar-refractivity contribution in [3.05, 3.63) is 34.4 Å². The average molecular weight is 253 g/mol. The van der Waals surface area contributed by atoms with Gasteiger partial charge >= 0.3 is 5.97 Å². The van der Waals surface area contributed by atoms with E-state index in [9.17, 15) is 14.9 Å². The molecule has 0 aliphatic carbocycles. The number of hydrogen-bond donors (Lipinski definition) is 1. The summed E-state index contributed by atoms with van der Waals surface area (Å²) < 4.78 is 5.26. The Morgan fingerprint density at radius 3 is 2.83 bits per heavy atom. The van der Waals surface area contributed by atoms with Crippen molar-refractivity contribution in [1.82, 2.24) is 0 Å². The molecule has 0 spiro atoms. The van der Waals surface area contributed by atoms with Crippen molar-refractivity contribution >= 4 is 11.7 Å². The summed E-state index contributed by atoms with van der Waals surface area (Å²) in [6.45, 7) is 1.95. The van der Waals surface area contributed by atoms with E-state index in [1.807, 2.05) is 6.92 Å². The minimum absolute atomic E-state index is 0.118. The minimum Gasteiger partial charge on any atom is -0.479 e. The summed E-state index contributed by atoms with van der Waals surface area (Å²) >= 11 is 0. The number of nitro groups is 1. The standard InChI is InChI=1S/C12H15NO5/c1-2-3-7-11(12(14)15)18-10-6-4-5-9(8-10)13(16)17/h4-6,8,11H,2-3,7H2,1H3,(H,14,15). The lowest BCUT2D eigenvalue weighted by Gasteiger charge is -2.14. The van der Waals surface area contributed by atoms with Crippen molar-refractivity contribution in [2.75, 3.05) is 0 Å². The number of aliphatic carboxylic acids is 1. The normalized spacial score (nSPS) is 11.8. The first-order chi connectivity index (χ1) is 8.54. The second kappa shape index (κ2) is 6.58. The van der Waals surface area contributed by atoms with Gasteiger partial charge in [-0.1, -0.05) is 19.4 Å². The minimum atomic E-state index is -1.06. The highest BCUT2D eigenvalue weighted by Gasteiger charge is 2.19. The second-order valence-corrected chi connectivity index (χ2v) is 3.84. The third-order valence-corrected chi connectivity index (χ3v) is 2.40. The monoisotopic (exact) mass is 253 g/mol. The number of carboxylic acids is 1. The molecule has 0 aliphatic heterocycles. The Bertz CT molecular complexity index is 432. The van der Waals surface area contributed by atoms with Crippen molar-refractivity contribution in [2.24, 2.45) is 0 Å². The molecule has 0 saturated carbocycles. The number of carbonyl (C=O) groups is 1. The quantitative estimate of drug-likeness (QED) is 0.595. The van der Waals surface area contributed by atoms with Crippen LogP contribution in [-0.4, -0.2) is 22.1 Å². The zero-order valence-electron chi connectivity index (χ0n) is 10.0. The zero-order chi connectivity index (χ0) is 13.5. The van der Waals surface area contributed by atoms with Crippen LogP contribution in [0.2, 0.25) is 0 Å². The lowest BCUT2D eigenvalue weighted by atomic mass is 10.1. The summed E-state index contributed by atoms with van der Waals surface area (Å²) in [6.07, 6.45) is 1.01. The Labute approximate surface area is 104 Å². The molecule has 6 heteroatoms. The first-order valence-electron chi connectivity index (χ1n) is 5.68. The number of ether oxygens (including phenoxy) is 1. The van der Waals surface area contributed by atoms with Gasteiger partial charge in [0.1, 0.15) is 5.75 Å². The van der Waals surface area contributed by atoms with Crippen LogP contribution in [0, 0.1) is 10.1 Å². The van der Waals surface area contributed by atoms with E-state index in [1.54, 1.807) is 0 Å². The van der Waals surface area contributed by atoms with Gasteiger partial charge in [-0.25, -0.2) is 4.79 Å². The smallest absolute Gasteiger partial charge is 0.344 e. The molecule has 6 nitrogen and oxygen atoms in total. The maximum absolute atomic E-state index is 11.0. The summed E-state index contributed by atoms with van der Waals surface area (Å²) in [6, 6.07) is 5.53. The van der Waals surface area contributed by atoms with Crippen LogP contribution in [0.15, 0.2) is 24.3 Å². The highest BCUT2D eigenvalue weighted by atomic mass is 16.6. The van der Waals surface area contributed by atoms with Crippen LogP contribution >= 0.6 is 0 Å². The van der Waals surface area contributed by atoms with E-state index >= 15 is 0 Å². The maximum Gasteiger partial charge on any atom is 0.344 e. The summed E-state index contributed by atoms with van der Waals surface area (Å²) in [5.74, 6) is -0.859. The van der Waals surface area contributed by atoms with Crippen LogP contribution in [0.1, 0.15) is 26.2 Å². The van der Waals surface area contributed by atoms with Crippen molar-refractivity contribution in [3.8, 4) is 5.75 Å². The van der Waals surface area contributed by atoms with Gasteiger partial charge in [0.05, 0.1) is 11.0 Å². The van der Waals surface area contributed by atoms with E-state index in [0.717, 1.165) is 12.8 Å². The Morgan fingerprint density at radius 2 is 2.28 bits per heavy atom. The topological polar surface area (TPSA) is 89.7 Å². The van der Waals surface area contributed by atoms with Crippen LogP contribution in [0.4, 0.5) is 5.69 Å². The zero-order valence-corrected chi connectivity index (χ0v) is 10.0. The van der Waals surface area contributed by atoms with Crippen LogP contribution < -0.4 is 4.74 Å². The van der Waals surface area contributed by atoms with Crippen LogP contribution in [0.3, 0.4) is 0 Å². The van der Waals surface area contributed by atoms with E-state index in [0.29, 0.717) is 6.42 Å². The van der Waals surface area contributed by atoms with Gasteiger partial charge in [0, 0.05) is 6.07 Å². The fraction of sp³-hybridized carbons (Fsp3) is 0.417. The molecular weight excluding hydrogens is 238 g/mol. The maximum atomic E-state index is 11.0. The average Bonchev–Trinajstić information content (AvgIpc) is 2.34. The Kier molecular flexibility index (Phi) is 5.10. The molecule has 0 aliphatic rings. The van der Waals surface area contributed by atoms with E-state index in [-0.39, 0.29) is 11.4 Å². The SMILES string of the molecule is CCCCC(Oc1cccc([N+](=O)[O-])c1)C(=O)O. The number of carboxylic acid groups (broad SMARTS) is 1. The number of rotatable bonds is 7. The predicted molar refractivity (Wildman–Crippen MR) is 64.7 cm³/mol. The first kappa shape index (κ1) is 14.0. The molecule has 98 valence electrons. The van der Waals surface area contributed by atoms with Crippen molar-refractivity contribution < 1.29 is 19.6 Å². The fourth-order valence-corrected chi connectivity index (χ4v) is 1.46. The third kappa shape index (κ3) is 4.04. The van der Waals surface area contributed by atoms with Crippen LogP contribution in [0.5, 0.6) is 5.75 Å². The van der Waals surface area contributed by atoms with Gasteiger partial charge in [-0.2, -0.15) is 0 Å². The molecule has 0 radical (unpaired) electrons. The number of non-ortho nitro benzene ring substituents is 1. The van der Waals surface area contributed by atoms with Crippen molar-refractivity contribution in [2.45, 2.75) is 32.3 Å². The molecular formula is C12H15NO5. The molecule has 0 aromatic heterocycles. The molecule has 0 fully saturated rings. The molecule has 0 heterocycles. The lowest BCUT2D eigenvalue weighted by molar-refractivity contribution is -0.384. The van der Waals surface area contributed by atoms with Gasteiger partial charge < -0.3 is 9.84 Å². The largest absolute Gasteiger partial charge is 0.479 e. The van der Waals surface area contributed by atoms with Gasteiger partial charge in [0.2, 0.25) is 0 Å². The van der Waals surface area contributed by atoms with Gasteiger partial charge in [-0.05, 0) is 18.9 Å². The Morgan fingerprint density at radius 1 is 1.56 bits per heavy atom. The number of benzene rings is 1. The molecule has 0 amide bonds. The van der Waals surface area contributed by atoms with Crippen molar-refractivity contribution in [3.63, 3.8) is 0 Å². The molecule has 1 aromatic rings. The molecule has 1 aromatic carbocycles. The molecule has 18 heavy (non-hydrogen) atoms. The summed E-state index contributed by atoms with van der Waals surface area (Å²) in [7, 11) is 0. The lowest BCUT2D eigenvalue weighted by Crippen LogP contribution is -2.26. The Balaban J connectivity index is 2.77. The number of hydrogen-bond acceptors (Lipinski definition) is 4. The molecule has 1 unspecified atom stereocenters. The van der Waals surface area contributed by atoms with E-state index in [4.69, 9.17) is 9.84 Å². The fourth-order valence-electron chi connectivity index (χ4n) is 1.46. The van der Waals surface area contributed by atoms with Gasteiger partial charge in [0.25, 0.3) is 5.69 Å². The van der Waals surface area contributed by atoms with E-state index < -0.39 is 17.0 Å². The third-order valence-electron chi connectivity index (χ3n) is 2.40. The Hall–Kier alpha value is -2.11. The van der Waals surface area contributed by atoms with Gasteiger partial charge in [-0.3, -0.25) is 10.1 Å². The van der Waals surface area contributed by atoms with Gasteiger partial charge in [-0.15, -0.1) is 0 Å². The van der Waals surface area contributed by atoms with E-state index in [2.05, 4.69) is 0 Å². The molecule has 0 bridgehead atoms. The number of unbranched alkanes of at least 4 members (excludes halogenated alkanes) is 1.